The van der Waals surface area contributed by atoms with Gasteiger partial charge in [-0.1, -0.05) is 37.6 Å². The average Bonchev–Trinajstić information content (AvgIpc) is 2.39. The molecule has 0 bridgehead atoms. The second-order valence-electron chi connectivity index (χ2n) is 5.02. The van der Waals surface area contributed by atoms with E-state index >= 15 is 0 Å². The third kappa shape index (κ3) is 3.49. The Hall–Kier alpha value is -0.560. The van der Waals surface area contributed by atoms with Crippen molar-refractivity contribution >= 4 is 0 Å². The fraction of sp³-hybridized carbons (Fsp3) is 0.714. The summed E-state index contributed by atoms with van der Waals surface area (Å²) in [5.41, 5.74) is 1.95. The van der Waals surface area contributed by atoms with Gasteiger partial charge in [0.05, 0.1) is 0 Å². The van der Waals surface area contributed by atoms with Crippen molar-refractivity contribution in [1.82, 2.24) is 4.90 Å². The lowest BCUT2D eigenvalue weighted by atomic mass is 9.76. The van der Waals surface area contributed by atoms with Gasteiger partial charge in [0.15, 0.2) is 0 Å². The van der Waals surface area contributed by atoms with Gasteiger partial charge in [-0.15, -0.1) is 0 Å². The summed E-state index contributed by atoms with van der Waals surface area (Å²) in [6.45, 7) is 9.27. The molecule has 1 atom stereocenters. The Morgan fingerprint density at radius 3 is 2.87 bits per heavy atom. The van der Waals surface area contributed by atoms with Crippen LogP contribution in [0.2, 0.25) is 0 Å². The van der Waals surface area contributed by atoms with E-state index in [4.69, 9.17) is 0 Å². The minimum Gasteiger partial charge on any atom is -0.307 e. The molecule has 86 valence electrons. The van der Waals surface area contributed by atoms with E-state index in [2.05, 4.69) is 50.9 Å². The zero-order valence-corrected chi connectivity index (χ0v) is 10.7. The van der Waals surface area contributed by atoms with Crippen molar-refractivity contribution in [1.29, 1.82) is 0 Å². The van der Waals surface area contributed by atoms with Gasteiger partial charge in [-0.3, -0.25) is 0 Å². The maximum Gasteiger partial charge on any atom is -0.00136 e. The van der Waals surface area contributed by atoms with Crippen LogP contribution in [0.5, 0.6) is 0 Å². The highest BCUT2D eigenvalue weighted by Crippen LogP contribution is 2.37. The minimum absolute atomic E-state index is 0.410. The Kier molecular flexibility index (Phi) is 4.59. The molecule has 0 aliphatic heterocycles. The molecule has 0 saturated heterocycles. The maximum absolute atomic E-state index is 2.41. The number of hydrogen-bond donors (Lipinski definition) is 0. The monoisotopic (exact) mass is 207 g/mol. The number of hydrogen-bond acceptors (Lipinski definition) is 1. The van der Waals surface area contributed by atoms with E-state index in [1.54, 1.807) is 5.57 Å². The third-order valence-electron chi connectivity index (χ3n) is 3.88. The van der Waals surface area contributed by atoms with E-state index in [1.165, 1.54) is 25.8 Å². The second kappa shape index (κ2) is 5.50. The number of nitrogens with zero attached hydrogens (tertiary/aromatic N) is 1. The molecule has 1 rings (SSSR count). The van der Waals surface area contributed by atoms with Crippen LogP contribution in [0.15, 0.2) is 23.8 Å². The molecule has 0 aromatic carbocycles. The Balaban J connectivity index is 2.57. The van der Waals surface area contributed by atoms with Gasteiger partial charge in [0.25, 0.3) is 0 Å². The standard InChI is InChI=1S/C14H25N/c1-5-15(4)12-11-14(3)10-8-6-7-9-13(14)2/h6-7,9H,5,8,10-12H2,1-4H3. The van der Waals surface area contributed by atoms with Crippen LogP contribution in [0, 0.1) is 5.41 Å². The largest absolute Gasteiger partial charge is 0.307 e. The van der Waals surface area contributed by atoms with Crippen molar-refractivity contribution in [3.8, 4) is 0 Å². The first-order valence-electron chi connectivity index (χ1n) is 6.11. The fourth-order valence-corrected chi connectivity index (χ4v) is 2.03. The minimum atomic E-state index is 0.410. The number of allylic oxidation sites excluding steroid dienone is 4. The highest BCUT2D eigenvalue weighted by molar-refractivity contribution is 5.20. The number of rotatable bonds is 4. The van der Waals surface area contributed by atoms with Gasteiger partial charge in [0.2, 0.25) is 0 Å². The molecule has 0 aromatic heterocycles. The topological polar surface area (TPSA) is 3.24 Å². The molecule has 0 heterocycles. The van der Waals surface area contributed by atoms with Gasteiger partial charge in [-0.05, 0) is 51.7 Å². The van der Waals surface area contributed by atoms with Crippen molar-refractivity contribution in [2.24, 2.45) is 5.41 Å². The third-order valence-corrected chi connectivity index (χ3v) is 3.88. The van der Waals surface area contributed by atoms with Crippen LogP contribution in [-0.2, 0) is 0 Å². The van der Waals surface area contributed by atoms with Crippen LogP contribution in [0.1, 0.15) is 40.0 Å². The van der Waals surface area contributed by atoms with E-state index in [0.717, 1.165) is 6.54 Å². The van der Waals surface area contributed by atoms with Crippen molar-refractivity contribution in [3.05, 3.63) is 23.8 Å². The van der Waals surface area contributed by atoms with Crippen molar-refractivity contribution in [3.63, 3.8) is 0 Å². The summed E-state index contributed by atoms with van der Waals surface area (Å²) in [5.74, 6) is 0. The lowest BCUT2D eigenvalue weighted by molar-refractivity contribution is 0.259. The molecule has 1 unspecified atom stereocenters. The Labute approximate surface area is 94.9 Å². The molecule has 0 aromatic rings. The summed E-state index contributed by atoms with van der Waals surface area (Å²) in [4.78, 5) is 2.40. The molecule has 0 spiro atoms. The normalized spacial score (nSPS) is 26.6. The molecular formula is C14H25N. The first kappa shape index (κ1) is 12.5. The molecule has 0 amide bonds. The molecule has 0 saturated carbocycles. The molecule has 1 heteroatoms. The predicted molar refractivity (Wildman–Crippen MR) is 68.0 cm³/mol. The maximum atomic E-state index is 2.41. The van der Waals surface area contributed by atoms with Gasteiger partial charge >= 0.3 is 0 Å². The lowest BCUT2D eigenvalue weighted by Gasteiger charge is -2.31. The molecule has 15 heavy (non-hydrogen) atoms. The molecule has 1 aliphatic carbocycles. The SMILES string of the molecule is CCN(C)CCC1(C)CCC=CC=C1C. The Morgan fingerprint density at radius 2 is 2.20 bits per heavy atom. The lowest BCUT2D eigenvalue weighted by Crippen LogP contribution is -2.27. The van der Waals surface area contributed by atoms with Gasteiger partial charge in [-0.2, -0.15) is 0 Å². The van der Waals surface area contributed by atoms with Crippen LogP contribution in [-0.4, -0.2) is 25.0 Å². The van der Waals surface area contributed by atoms with Crippen LogP contribution >= 0.6 is 0 Å². The van der Waals surface area contributed by atoms with Gasteiger partial charge in [-0.25, -0.2) is 0 Å². The van der Waals surface area contributed by atoms with Crippen molar-refractivity contribution in [2.45, 2.75) is 40.0 Å². The zero-order chi connectivity index (χ0) is 11.3. The first-order chi connectivity index (χ1) is 7.08. The summed E-state index contributed by atoms with van der Waals surface area (Å²) in [6.07, 6.45) is 10.6. The summed E-state index contributed by atoms with van der Waals surface area (Å²) in [7, 11) is 2.21. The summed E-state index contributed by atoms with van der Waals surface area (Å²) < 4.78 is 0. The van der Waals surface area contributed by atoms with Gasteiger partial charge in [0, 0.05) is 0 Å². The summed E-state index contributed by atoms with van der Waals surface area (Å²) >= 11 is 0. The molecule has 0 fully saturated rings. The highest BCUT2D eigenvalue weighted by atomic mass is 15.1. The van der Waals surface area contributed by atoms with Gasteiger partial charge < -0.3 is 4.90 Å². The van der Waals surface area contributed by atoms with Crippen molar-refractivity contribution < 1.29 is 0 Å². The van der Waals surface area contributed by atoms with Crippen LogP contribution < -0.4 is 0 Å². The summed E-state index contributed by atoms with van der Waals surface area (Å²) in [5, 5.41) is 0. The van der Waals surface area contributed by atoms with Gasteiger partial charge in [0.1, 0.15) is 0 Å². The first-order valence-corrected chi connectivity index (χ1v) is 6.11. The van der Waals surface area contributed by atoms with E-state index < -0.39 is 0 Å². The average molecular weight is 207 g/mol. The van der Waals surface area contributed by atoms with Crippen LogP contribution in [0.25, 0.3) is 0 Å². The molecule has 0 N–H and O–H groups in total. The zero-order valence-electron chi connectivity index (χ0n) is 10.7. The smallest absolute Gasteiger partial charge is 0.00136 e. The van der Waals surface area contributed by atoms with Crippen molar-refractivity contribution in [2.75, 3.05) is 20.1 Å². The predicted octanol–water partition coefficient (Wildman–Crippen LogP) is 3.63. The fourth-order valence-electron chi connectivity index (χ4n) is 2.03. The Bertz CT molecular complexity index is 252. The van der Waals surface area contributed by atoms with Crippen LogP contribution in [0.4, 0.5) is 0 Å². The van der Waals surface area contributed by atoms with E-state index in [0.29, 0.717) is 5.41 Å². The van der Waals surface area contributed by atoms with Crippen LogP contribution in [0.3, 0.4) is 0 Å². The highest BCUT2D eigenvalue weighted by Gasteiger charge is 2.26. The molecule has 1 nitrogen and oxygen atoms in total. The molecule has 1 aliphatic rings. The quantitative estimate of drug-likeness (QED) is 0.680. The Morgan fingerprint density at radius 1 is 1.47 bits per heavy atom. The summed E-state index contributed by atoms with van der Waals surface area (Å²) in [6, 6.07) is 0. The molecular weight excluding hydrogens is 182 g/mol. The van der Waals surface area contributed by atoms with E-state index in [1.807, 2.05) is 0 Å². The molecule has 0 radical (unpaired) electrons. The van der Waals surface area contributed by atoms with E-state index in [-0.39, 0.29) is 0 Å². The second-order valence-corrected chi connectivity index (χ2v) is 5.02. The van der Waals surface area contributed by atoms with E-state index in [9.17, 15) is 0 Å².